The number of alkyl halides is 3. The first-order chi connectivity index (χ1) is 9.68. The highest BCUT2D eigenvalue weighted by Crippen LogP contribution is 2.36. The van der Waals surface area contributed by atoms with Crippen LogP contribution in [0.25, 0.3) is 0 Å². The van der Waals surface area contributed by atoms with Gasteiger partial charge in [-0.25, -0.2) is 8.78 Å². The Hall–Kier alpha value is -1.63. The molecule has 0 aliphatic heterocycles. The molecule has 7 heteroatoms. The molecule has 1 nitrogen and oxygen atoms in total. The number of aryl methyl sites for hydroxylation is 1. The number of hydrogen-bond acceptors (Lipinski definition) is 1. The normalized spacial score (nSPS) is 11.6. The highest BCUT2D eigenvalue weighted by molar-refractivity contribution is 9.10. The molecule has 0 unspecified atom stereocenters. The molecule has 0 atom stereocenters. The van der Waals surface area contributed by atoms with Gasteiger partial charge in [-0.1, -0.05) is 22.0 Å². The number of ether oxygens (including phenoxy) is 1. The summed E-state index contributed by atoms with van der Waals surface area (Å²) in [4.78, 5) is 0. The molecule has 0 amide bonds. The molecule has 0 aliphatic rings. The van der Waals surface area contributed by atoms with Crippen molar-refractivity contribution < 1.29 is 26.7 Å². The standard InChI is InChI=1S/C14H8BrF5O/c1-7-2-3-9(15)6-12(7)21-13-10(16)4-8(5-11(13)17)14(18,19)20/h2-6H,1H3. The molecule has 0 fully saturated rings. The number of hydrogen-bond donors (Lipinski definition) is 0. The predicted molar refractivity (Wildman–Crippen MR) is 70.3 cm³/mol. The fraction of sp³-hybridized carbons (Fsp3) is 0.143. The summed E-state index contributed by atoms with van der Waals surface area (Å²) in [5.74, 6) is -3.56. The minimum Gasteiger partial charge on any atom is -0.451 e. The Morgan fingerprint density at radius 2 is 1.57 bits per heavy atom. The lowest BCUT2D eigenvalue weighted by atomic mass is 10.2. The molecule has 0 spiro atoms. The molecule has 0 saturated carbocycles. The van der Waals surface area contributed by atoms with Gasteiger partial charge in [-0.15, -0.1) is 0 Å². The summed E-state index contributed by atoms with van der Waals surface area (Å²) in [7, 11) is 0. The van der Waals surface area contributed by atoms with Gasteiger partial charge in [-0.05, 0) is 36.8 Å². The zero-order valence-corrected chi connectivity index (χ0v) is 12.1. The molecule has 0 heterocycles. The lowest BCUT2D eigenvalue weighted by Gasteiger charge is -2.13. The van der Waals surface area contributed by atoms with Gasteiger partial charge in [-0.2, -0.15) is 13.2 Å². The largest absolute Gasteiger partial charge is 0.451 e. The molecular formula is C14H8BrF5O. The van der Waals surface area contributed by atoms with E-state index in [1.54, 1.807) is 19.1 Å². The van der Waals surface area contributed by atoms with Gasteiger partial charge in [0, 0.05) is 4.47 Å². The molecule has 21 heavy (non-hydrogen) atoms. The maximum Gasteiger partial charge on any atom is 0.416 e. The van der Waals surface area contributed by atoms with Crippen LogP contribution in [0.15, 0.2) is 34.8 Å². The zero-order valence-electron chi connectivity index (χ0n) is 10.6. The van der Waals surface area contributed by atoms with Gasteiger partial charge in [0.2, 0.25) is 0 Å². The molecule has 112 valence electrons. The van der Waals surface area contributed by atoms with E-state index in [1.165, 1.54) is 6.07 Å². The highest BCUT2D eigenvalue weighted by atomic mass is 79.9. The van der Waals surface area contributed by atoms with Crippen LogP contribution in [0.1, 0.15) is 11.1 Å². The van der Waals surface area contributed by atoms with Gasteiger partial charge in [0.05, 0.1) is 5.56 Å². The van der Waals surface area contributed by atoms with Crippen LogP contribution in [0, 0.1) is 18.6 Å². The van der Waals surface area contributed by atoms with E-state index in [0.717, 1.165) is 0 Å². The Morgan fingerprint density at radius 3 is 2.10 bits per heavy atom. The van der Waals surface area contributed by atoms with Crippen molar-refractivity contribution in [3.8, 4) is 11.5 Å². The summed E-state index contributed by atoms with van der Waals surface area (Å²) in [5.41, 5.74) is -0.826. The van der Waals surface area contributed by atoms with Crippen LogP contribution < -0.4 is 4.74 Å². The van der Waals surface area contributed by atoms with Crippen LogP contribution >= 0.6 is 15.9 Å². The summed E-state index contributed by atoms with van der Waals surface area (Å²) < 4.78 is 70.4. The van der Waals surface area contributed by atoms with Gasteiger partial charge in [0.1, 0.15) is 5.75 Å². The molecule has 2 rings (SSSR count). The van der Waals surface area contributed by atoms with Gasteiger partial charge >= 0.3 is 6.18 Å². The topological polar surface area (TPSA) is 9.23 Å². The minimum absolute atomic E-state index is 0.141. The number of benzene rings is 2. The van der Waals surface area contributed by atoms with Gasteiger partial charge in [0.25, 0.3) is 0 Å². The van der Waals surface area contributed by atoms with Crippen LogP contribution in [-0.2, 0) is 6.18 Å². The second kappa shape index (κ2) is 5.63. The Labute approximate surface area is 125 Å². The van der Waals surface area contributed by atoms with E-state index in [1.807, 2.05) is 0 Å². The Kier molecular flexibility index (Phi) is 4.22. The van der Waals surface area contributed by atoms with Crippen molar-refractivity contribution >= 4 is 15.9 Å². The first kappa shape index (κ1) is 15.8. The third-order valence-electron chi connectivity index (χ3n) is 2.69. The van der Waals surface area contributed by atoms with Crippen molar-refractivity contribution in [1.29, 1.82) is 0 Å². The molecule has 0 bridgehead atoms. The van der Waals surface area contributed by atoms with E-state index >= 15 is 0 Å². The third kappa shape index (κ3) is 3.53. The van der Waals surface area contributed by atoms with Crippen LogP contribution in [0.5, 0.6) is 11.5 Å². The number of halogens is 6. The summed E-state index contributed by atoms with van der Waals surface area (Å²) in [6.45, 7) is 1.64. The summed E-state index contributed by atoms with van der Waals surface area (Å²) in [6.07, 6.45) is -4.83. The number of rotatable bonds is 2. The second-order valence-corrected chi connectivity index (χ2v) is 5.19. The maximum atomic E-state index is 13.7. The van der Waals surface area contributed by atoms with E-state index in [-0.39, 0.29) is 17.9 Å². The van der Waals surface area contributed by atoms with E-state index in [0.29, 0.717) is 10.0 Å². The Bertz CT molecular complexity index is 659. The van der Waals surface area contributed by atoms with Gasteiger partial charge < -0.3 is 4.74 Å². The zero-order chi connectivity index (χ0) is 15.8. The second-order valence-electron chi connectivity index (χ2n) is 4.28. The molecular weight excluding hydrogens is 359 g/mol. The molecule has 0 N–H and O–H groups in total. The Morgan fingerprint density at radius 1 is 1.00 bits per heavy atom. The molecule has 0 aromatic heterocycles. The molecule has 0 aliphatic carbocycles. The predicted octanol–water partition coefficient (Wildman–Crippen LogP) is 5.85. The van der Waals surface area contributed by atoms with Crippen molar-refractivity contribution in [2.45, 2.75) is 13.1 Å². The van der Waals surface area contributed by atoms with Gasteiger partial charge in [0.15, 0.2) is 17.4 Å². The monoisotopic (exact) mass is 366 g/mol. The summed E-state index contributed by atoms with van der Waals surface area (Å²) in [6, 6.07) is 5.20. The summed E-state index contributed by atoms with van der Waals surface area (Å²) in [5, 5.41) is 0. The van der Waals surface area contributed by atoms with E-state index < -0.39 is 29.1 Å². The molecule has 2 aromatic rings. The SMILES string of the molecule is Cc1ccc(Br)cc1Oc1c(F)cc(C(F)(F)F)cc1F. The average molecular weight is 367 g/mol. The maximum absolute atomic E-state index is 13.7. The van der Waals surface area contributed by atoms with Crippen molar-refractivity contribution in [3.05, 3.63) is 57.6 Å². The van der Waals surface area contributed by atoms with Crippen LogP contribution in [-0.4, -0.2) is 0 Å². The highest BCUT2D eigenvalue weighted by Gasteiger charge is 2.33. The molecule has 0 saturated heterocycles. The van der Waals surface area contributed by atoms with Crippen molar-refractivity contribution in [1.82, 2.24) is 0 Å². The van der Waals surface area contributed by atoms with Crippen LogP contribution in [0.3, 0.4) is 0 Å². The van der Waals surface area contributed by atoms with Crippen molar-refractivity contribution in [3.63, 3.8) is 0 Å². The fourth-order valence-electron chi connectivity index (χ4n) is 1.61. The van der Waals surface area contributed by atoms with E-state index in [4.69, 9.17) is 4.74 Å². The smallest absolute Gasteiger partial charge is 0.416 e. The van der Waals surface area contributed by atoms with Crippen LogP contribution in [0.4, 0.5) is 22.0 Å². The first-order valence-electron chi connectivity index (χ1n) is 5.68. The van der Waals surface area contributed by atoms with E-state index in [2.05, 4.69) is 15.9 Å². The minimum atomic E-state index is -4.83. The van der Waals surface area contributed by atoms with E-state index in [9.17, 15) is 22.0 Å². The van der Waals surface area contributed by atoms with Crippen LogP contribution in [0.2, 0.25) is 0 Å². The first-order valence-corrected chi connectivity index (χ1v) is 6.48. The lowest BCUT2D eigenvalue weighted by Crippen LogP contribution is -2.07. The summed E-state index contributed by atoms with van der Waals surface area (Å²) >= 11 is 3.17. The third-order valence-corrected chi connectivity index (χ3v) is 3.18. The molecule has 0 radical (unpaired) electrons. The fourth-order valence-corrected chi connectivity index (χ4v) is 1.95. The Balaban J connectivity index is 2.44. The van der Waals surface area contributed by atoms with Crippen molar-refractivity contribution in [2.24, 2.45) is 0 Å². The van der Waals surface area contributed by atoms with Crippen molar-refractivity contribution in [2.75, 3.05) is 0 Å². The lowest BCUT2D eigenvalue weighted by molar-refractivity contribution is -0.138. The quantitative estimate of drug-likeness (QED) is 0.606. The molecule has 2 aromatic carbocycles. The van der Waals surface area contributed by atoms with Gasteiger partial charge in [-0.3, -0.25) is 0 Å². The average Bonchev–Trinajstić information content (AvgIpc) is 2.36.